The zero-order chi connectivity index (χ0) is 15.3. The molecule has 2 N–H and O–H groups in total. The highest BCUT2D eigenvalue weighted by molar-refractivity contribution is 6.32. The Labute approximate surface area is 130 Å². The van der Waals surface area contributed by atoms with Gasteiger partial charge in [0, 0.05) is 6.42 Å². The molecule has 1 aromatic carbocycles. The van der Waals surface area contributed by atoms with E-state index in [9.17, 15) is 9.90 Å². The van der Waals surface area contributed by atoms with Gasteiger partial charge in [0.15, 0.2) is 0 Å². The van der Waals surface area contributed by atoms with Crippen LogP contribution >= 0.6 is 11.6 Å². The molecular formula is C16H22ClNO3. The molecule has 0 saturated heterocycles. The zero-order valence-corrected chi connectivity index (χ0v) is 13.0. The number of ether oxygens (including phenoxy) is 1. The van der Waals surface area contributed by atoms with Crippen molar-refractivity contribution in [2.45, 2.75) is 38.1 Å². The molecule has 1 saturated carbocycles. The first-order valence-corrected chi connectivity index (χ1v) is 7.72. The molecule has 0 spiro atoms. The Kier molecular flexibility index (Phi) is 5.48. The lowest BCUT2D eigenvalue weighted by Crippen LogP contribution is -2.50. The number of aliphatic hydroxyl groups is 1. The second-order valence-electron chi connectivity index (χ2n) is 5.78. The van der Waals surface area contributed by atoms with Gasteiger partial charge in [-0.1, -0.05) is 23.7 Å². The number of carbonyl (C=O) groups excluding carboxylic acids is 1. The number of halogens is 1. The summed E-state index contributed by atoms with van der Waals surface area (Å²) in [4.78, 5) is 11.9. The van der Waals surface area contributed by atoms with Crippen molar-refractivity contribution in [1.82, 2.24) is 5.32 Å². The van der Waals surface area contributed by atoms with Gasteiger partial charge in [0.25, 0.3) is 0 Å². The molecule has 0 bridgehead atoms. The van der Waals surface area contributed by atoms with Crippen LogP contribution in [0.4, 0.5) is 0 Å². The summed E-state index contributed by atoms with van der Waals surface area (Å²) in [5, 5.41) is 13.0. The average Bonchev–Trinajstić information content (AvgIpc) is 3.30. The van der Waals surface area contributed by atoms with Crippen molar-refractivity contribution in [3.8, 4) is 5.75 Å². The van der Waals surface area contributed by atoms with Gasteiger partial charge in [-0.3, -0.25) is 4.79 Å². The summed E-state index contributed by atoms with van der Waals surface area (Å²) in [5.74, 6) is 1.00. The van der Waals surface area contributed by atoms with Gasteiger partial charge >= 0.3 is 0 Å². The standard InChI is InChI=1S/C16H22ClNO3/c1-16(11-19,12-8-9-12)18-15(20)7-4-10-21-14-6-3-2-5-13(14)17/h2-3,5-6,12,19H,4,7-11H2,1H3,(H,18,20). The number of rotatable bonds is 8. The van der Waals surface area contributed by atoms with Gasteiger partial charge in [0.05, 0.1) is 23.8 Å². The fourth-order valence-electron chi connectivity index (χ4n) is 2.35. The van der Waals surface area contributed by atoms with Gasteiger partial charge in [-0.05, 0) is 44.2 Å². The number of aliphatic hydroxyl groups excluding tert-OH is 1. The number of para-hydroxylation sites is 1. The van der Waals surface area contributed by atoms with E-state index in [0.717, 1.165) is 12.8 Å². The van der Waals surface area contributed by atoms with Crippen LogP contribution in [0.15, 0.2) is 24.3 Å². The van der Waals surface area contributed by atoms with Gasteiger partial charge in [-0.2, -0.15) is 0 Å². The van der Waals surface area contributed by atoms with E-state index < -0.39 is 5.54 Å². The van der Waals surface area contributed by atoms with Gasteiger partial charge in [0.2, 0.25) is 5.91 Å². The highest BCUT2D eigenvalue weighted by Gasteiger charge is 2.41. The fraction of sp³-hybridized carbons (Fsp3) is 0.562. The van der Waals surface area contributed by atoms with Crippen LogP contribution in [0.3, 0.4) is 0 Å². The molecule has 1 unspecified atom stereocenters. The van der Waals surface area contributed by atoms with Crippen molar-refractivity contribution in [3.63, 3.8) is 0 Å². The van der Waals surface area contributed by atoms with Crippen molar-refractivity contribution in [2.75, 3.05) is 13.2 Å². The van der Waals surface area contributed by atoms with Crippen LogP contribution in [0, 0.1) is 5.92 Å². The van der Waals surface area contributed by atoms with Crippen LogP contribution in [0.25, 0.3) is 0 Å². The first-order chi connectivity index (χ1) is 10.0. The summed E-state index contributed by atoms with van der Waals surface area (Å²) >= 11 is 5.98. The van der Waals surface area contributed by atoms with Gasteiger partial charge in [0.1, 0.15) is 5.75 Å². The molecule has 1 aliphatic rings. The van der Waals surface area contributed by atoms with Crippen LogP contribution in [-0.2, 0) is 4.79 Å². The largest absolute Gasteiger partial charge is 0.492 e. The molecule has 116 valence electrons. The summed E-state index contributed by atoms with van der Waals surface area (Å²) in [6.45, 7) is 2.33. The minimum atomic E-state index is -0.472. The number of hydrogen-bond acceptors (Lipinski definition) is 3. The summed E-state index contributed by atoms with van der Waals surface area (Å²) < 4.78 is 5.54. The number of nitrogens with one attached hydrogen (secondary N) is 1. The molecule has 5 heteroatoms. The normalized spacial score (nSPS) is 17.1. The first-order valence-electron chi connectivity index (χ1n) is 7.34. The predicted octanol–water partition coefficient (Wildman–Crippen LogP) is 2.78. The van der Waals surface area contributed by atoms with E-state index in [4.69, 9.17) is 16.3 Å². The molecule has 1 fully saturated rings. The maximum atomic E-state index is 11.9. The summed E-state index contributed by atoms with van der Waals surface area (Å²) in [6.07, 6.45) is 3.15. The molecule has 0 aromatic heterocycles. The van der Waals surface area contributed by atoms with E-state index in [0.29, 0.717) is 36.1 Å². The Balaban J connectivity index is 1.69. The van der Waals surface area contributed by atoms with E-state index in [1.165, 1.54) is 0 Å². The molecule has 0 heterocycles. The van der Waals surface area contributed by atoms with Crippen LogP contribution in [0.5, 0.6) is 5.75 Å². The second kappa shape index (κ2) is 7.14. The van der Waals surface area contributed by atoms with Crippen molar-refractivity contribution in [2.24, 2.45) is 5.92 Å². The molecule has 2 rings (SSSR count). The smallest absolute Gasteiger partial charge is 0.220 e. The van der Waals surface area contributed by atoms with Crippen LogP contribution in [0.2, 0.25) is 5.02 Å². The highest BCUT2D eigenvalue weighted by Crippen LogP contribution is 2.39. The van der Waals surface area contributed by atoms with Crippen molar-refractivity contribution in [3.05, 3.63) is 29.3 Å². The molecule has 0 radical (unpaired) electrons. The molecular weight excluding hydrogens is 290 g/mol. The number of amides is 1. The Bertz CT molecular complexity index is 490. The van der Waals surface area contributed by atoms with Gasteiger partial charge < -0.3 is 15.2 Å². The molecule has 4 nitrogen and oxygen atoms in total. The molecule has 1 aromatic rings. The van der Waals surface area contributed by atoms with Crippen LogP contribution in [0.1, 0.15) is 32.6 Å². The van der Waals surface area contributed by atoms with E-state index in [1.54, 1.807) is 12.1 Å². The van der Waals surface area contributed by atoms with Crippen molar-refractivity contribution < 1.29 is 14.6 Å². The molecule has 1 atom stereocenters. The third-order valence-electron chi connectivity index (χ3n) is 3.87. The average molecular weight is 312 g/mol. The first kappa shape index (κ1) is 16.1. The molecule has 0 aliphatic heterocycles. The maximum Gasteiger partial charge on any atom is 0.220 e. The fourth-order valence-corrected chi connectivity index (χ4v) is 2.54. The lowest BCUT2D eigenvalue weighted by molar-refractivity contribution is -0.124. The van der Waals surface area contributed by atoms with E-state index >= 15 is 0 Å². The van der Waals surface area contributed by atoms with E-state index in [2.05, 4.69) is 5.32 Å². The maximum absolute atomic E-state index is 11.9. The summed E-state index contributed by atoms with van der Waals surface area (Å²) in [7, 11) is 0. The monoisotopic (exact) mass is 311 g/mol. The molecule has 1 aliphatic carbocycles. The SMILES string of the molecule is CC(CO)(NC(=O)CCCOc1ccccc1Cl)C1CC1. The third-order valence-corrected chi connectivity index (χ3v) is 4.19. The highest BCUT2D eigenvalue weighted by atomic mass is 35.5. The summed E-state index contributed by atoms with van der Waals surface area (Å²) in [6, 6.07) is 7.27. The van der Waals surface area contributed by atoms with Gasteiger partial charge in [-0.15, -0.1) is 0 Å². The van der Waals surface area contributed by atoms with E-state index in [1.807, 2.05) is 19.1 Å². The molecule has 1 amide bonds. The number of carbonyl (C=O) groups is 1. The zero-order valence-electron chi connectivity index (χ0n) is 12.3. The van der Waals surface area contributed by atoms with E-state index in [-0.39, 0.29) is 12.5 Å². The minimum Gasteiger partial charge on any atom is -0.492 e. The second-order valence-corrected chi connectivity index (χ2v) is 6.19. The number of hydrogen-bond donors (Lipinski definition) is 2. The van der Waals surface area contributed by atoms with Crippen LogP contribution in [-0.4, -0.2) is 29.8 Å². The Morgan fingerprint density at radius 3 is 2.81 bits per heavy atom. The Morgan fingerprint density at radius 2 is 2.19 bits per heavy atom. The quantitative estimate of drug-likeness (QED) is 0.726. The lowest BCUT2D eigenvalue weighted by atomic mass is 9.96. The van der Waals surface area contributed by atoms with Gasteiger partial charge in [-0.25, -0.2) is 0 Å². The Hall–Kier alpha value is -1.26. The topological polar surface area (TPSA) is 58.6 Å². The van der Waals surface area contributed by atoms with Crippen molar-refractivity contribution in [1.29, 1.82) is 0 Å². The predicted molar refractivity (Wildman–Crippen MR) is 82.5 cm³/mol. The van der Waals surface area contributed by atoms with Crippen molar-refractivity contribution >= 4 is 17.5 Å². The minimum absolute atomic E-state index is 0.0144. The molecule has 21 heavy (non-hydrogen) atoms. The third kappa shape index (κ3) is 4.61. The number of benzene rings is 1. The van der Waals surface area contributed by atoms with Crippen LogP contribution < -0.4 is 10.1 Å². The lowest BCUT2D eigenvalue weighted by Gasteiger charge is -2.28. The Morgan fingerprint density at radius 1 is 1.48 bits per heavy atom. The summed E-state index contributed by atoms with van der Waals surface area (Å²) in [5.41, 5.74) is -0.472.